The van der Waals surface area contributed by atoms with Crippen LogP contribution in [0.15, 0.2) is 60.9 Å². The number of urea groups is 1. The highest BCUT2D eigenvalue weighted by Gasteiger charge is 2.22. The molecule has 1 N–H and O–H groups in total. The fourth-order valence-corrected chi connectivity index (χ4v) is 3.19. The summed E-state index contributed by atoms with van der Waals surface area (Å²) in [5.41, 5.74) is 0.670. The molecule has 1 fully saturated rings. The van der Waals surface area contributed by atoms with Gasteiger partial charge in [0.2, 0.25) is 0 Å². The number of aromatic nitrogens is 3. The number of carbonyl (C=O) groups is 1. The molecular weight excluding hydrogens is 356 g/mol. The van der Waals surface area contributed by atoms with Gasteiger partial charge in [0, 0.05) is 38.6 Å². The average molecular weight is 378 g/mol. The van der Waals surface area contributed by atoms with E-state index < -0.39 is 0 Å². The number of nitrogens with one attached hydrogen (secondary N) is 1. The molecule has 144 valence electrons. The maximum Gasteiger partial charge on any atom is 0.322 e. The van der Waals surface area contributed by atoms with Crippen LogP contribution >= 0.6 is 0 Å². The first kappa shape index (κ1) is 17.8. The minimum Gasteiger partial charge on any atom is -0.495 e. The van der Waals surface area contributed by atoms with Crippen LogP contribution in [0.1, 0.15) is 0 Å². The molecule has 2 aromatic heterocycles. The Kier molecular flexibility index (Phi) is 5.09. The first-order valence-corrected chi connectivity index (χ1v) is 9.15. The van der Waals surface area contributed by atoms with Crippen molar-refractivity contribution in [3.63, 3.8) is 0 Å². The van der Waals surface area contributed by atoms with Crippen molar-refractivity contribution in [1.82, 2.24) is 19.7 Å². The minimum absolute atomic E-state index is 0.127. The number of anilines is 2. The maximum absolute atomic E-state index is 12.6. The number of carbonyl (C=O) groups excluding carboxylic acids is 1. The molecule has 0 aliphatic carbocycles. The van der Waals surface area contributed by atoms with Gasteiger partial charge in [-0.1, -0.05) is 12.1 Å². The molecule has 2 amide bonds. The highest BCUT2D eigenvalue weighted by atomic mass is 16.5. The van der Waals surface area contributed by atoms with Crippen LogP contribution in [0, 0.1) is 0 Å². The fourth-order valence-electron chi connectivity index (χ4n) is 3.19. The molecule has 1 aliphatic heterocycles. The summed E-state index contributed by atoms with van der Waals surface area (Å²) in [4.78, 5) is 16.5. The number of methoxy groups -OCH3 is 1. The van der Waals surface area contributed by atoms with Gasteiger partial charge in [-0.05, 0) is 36.4 Å². The van der Waals surface area contributed by atoms with Crippen molar-refractivity contribution in [1.29, 1.82) is 0 Å². The van der Waals surface area contributed by atoms with Gasteiger partial charge >= 0.3 is 6.03 Å². The third-order valence-corrected chi connectivity index (χ3v) is 4.74. The predicted octanol–water partition coefficient (Wildman–Crippen LogP) is 2.63. The van der Waals surface area contributed by atoms with E-state index in [9.17, 15) is 4.79 Å². The maximum atomic E-state index is 12.6. The molecule has 1 aliphatic rings. The molecule has 28 heavy (non-hydrogen) atoms. The van der Waals surface area contributed by atoms with Crippen LogP contribution in [0.25, 0.3) is 5.82 Å². The first-order valence-electron chi connectivity index (χ1n) is 9.15. The van der Waals surface area contributed by atoms with E-state index in [-0.39, 0.29) is 6.03 Å². The summed E-state index contributed by atoms with van der Waals surface area (Å²) < 4.78 is 7.20. The number of piperazine rings is 1. The summed E-state index contributed by atoms with van der Waals surface area (Å²) in [7, 11) is 1.59. The van der Waals surface area contributed by atoms with Crippen LogP contribution in [0.3, 0.4) is 0 Å². The number of nitrogens with zero attached hydrogens (tertiary/aromatic N) is 5. The van der Waals surface area contributed by atoms with Crippen molar-refractivity contribution < 1.29 is 9.53 Å². The number of rotatable bonds is 4. The molecule has 1 saturated heterocycles. The van der Waals surface area contributed by atoms with E-state index in [1.165, 1.54) is 0 Å². The summed E-state index contributed by atoms with van der Waals surface area (Å²) >= 11 is 0. The van der Waals surface area contributed by atoms with Gasteiger partial charge in [-0.15, -0.1) is 10.2 Å². The Morgan fingerprint density at radius 2 is 1.61 bits per heavy atom. The molecule has 0 saturated carbocycles. The summed E-state index contributed by atoms with van der Waals surface area (Å²) in [6.07, 6.45) is 3.87. The highest BCUT2D eigenvalue weighted by molar-refractivity contribution is 5.91. The van der Waals surface area contributed by atoms with Crippen molar-refractivity contribution in [2.24, 2.45) is 0 Å². The van der Waals surface area contributed by atoms with Gasteiger partial charge in [0.05, 0.1) is 12.8 Å². The molecular formula is C20H22N6O2. The molecule has 3 aromatic rings. The molecule has 8 heteroatoms. The summed E-state index contributed by atoms with van der Waals surface area (Å²) in [5.74, 6) is 2.25. The lowest BCUT2D eigenvalue weighted by atomic mass is 10.3. The lowest BCUT2D eigenvalue weighted by Crippen LogP contribution is -2.50. The molecule has 0 spiro atoms. The largest absolute Gasteiger partial charge is 0.495 e. The Hall–Kier alpha value is -3.55. The second-order valence-corrected chi connectivity index (χ2v) is 6.44. The zero-order valence-corrected chi connectivity index (χ0v) is 15.7. The van der Waals surface area contributed by atoms with Gasteiger partial charge in [-0.25, -0.2) is 4.79 Å². The Balaban J connectivity index is 1.34. The van der Waals surface area contributed by atoms with E-state index >= 15 is 0 Å². The lowest BCUT2D eigenvalue weighted by molar-refractivity contribution is 0.208. The van der Waals surface area contributed by atoms with Gasteiger partial charge in [0.15, 0.2) is 11.6 Å². The number of hydrogen-bond donors (Lipinski definition) is 1. The number of ether oxygens (including phenoxy) is 1. The Labute approximate surface area is 163 Å². The molecule has 1 aromatic carbocycles. The third kappa shape index (κ3) is 3.75. The van der Waals surface area contributed by atoms with Gasteiger partial charge in [0.25, 0.3) is 0 Å². The smallest absolute Gasteiger partial charge is 0.322 e. The topological polar surface area (TPSA) is 75.5 Å². The molecule has 4 rings (SSSR count). The first-order chi connectivity index (χ1) is 13.7. The third-order valence-electron chi connectivity index (χ3n) is 4.74. The van der Waals surface area contributed by atoms with E-state index in [0.717, 1.165) is 11.6 Å². The van der Waals surface area contributed by atoms with Crippen LogP contribution in [0.4, 0.5) is 16.3 Å². The second-order valence-electron chi connectivity index (χ2n) is 6.44. The van der Waals surface area contributed by atoms with Crippen LogP contribution in [-0.2, 0) is 0 Å². The summed E-state index contributed by atoms with van der Waals surface area (Å²) in [5, 5.41) is 11.5. The highest BCUT2D eigenvalue weighted by Crippen LogP contribution is 2.23. The predicted molar refractivity (Wildman–Crippen MR) is 107 cm³/mol. The normalized spacial score (nSPS) is 14.0. The van der Waals surface area contributed by atoms with Gasteiger partial charge < -0.3 is 24.4 Å². The van der Waals surface area contributed by atoms with Crippen molar-refractivity contribution in [3.8, 4) is 11.6 Å². The number of para-hydroxylation sites is 2. The minimum atomic E-state index is -0.127. The molecule has 3 heterocycles. The van der Waals surface area contributed by atoms with Crippen LogP contribution in [0.5, 0.6) is 5.75 Å². The quantitative estimate of drug-likeness (QED) is 0.755. The van der Waals surface area contributed by atoms with E-state index in [0.29, 0.717) is 37.6 Å². The molecule has 0 radical (unpaired) electrons. The van der Waals surface area contributed by atoms with Crippen LogP contribution in [0.2, 0.25) is 0 Å². The van der Waals surface area contributed by atoms with Crippen LogP contribution in [-0.4, -0.2) is 59.0 Å². The SMILES string of the molecule is COc1ccccc1NC(=O)N1CCN(c2ccc(-n3cccc3)nn2)CC1. The van der Waals surface area contributed by atoms with E-state index in [4.69, 9.17) is 4.74 Å². The fraction of sp³-hybridized carbons (Fsp3) is 0.250. The van der Waals surface area contributed by atoms with Gasteiger partial charge in [-0.3, -0.25) is 0 Å². The van der Waals surface area contributed by atoms with Crippen molar-refractivity contribution in [2.75, 3.05) is 43.5 Å². The van der Waals surface area contributed by atoms with Crippen LogP contribution < -0.4 is 15.0 Å². The Bertz CT molecular complexity index is 918. The van der Waals surface area contributed by atoms with Crippen molar-refractivity contribution >= 4 is 17.5 Å². The van der Waals surface area contributed by atoms with Gasteiger partial charge in [0.1, 0.15) is 5.75 Å². The number of benzene rings is 1. The van der Waals surface area contributed by atoms with E-state index in [2.05, 4.69) is 20.4 Å². The Morgan fingerprint density at radius 1 is 0.929 bits per heavy atom. The molecule has 0 atom stereocenters. The number of hydrogen-bond acceptors (Lipinski definition) is 5. The zero-order valence-electron chi connectivity index (χ0n) is 15.7. The molecule has 8 nitrogen and oxygen atoms in total. The monoisotopic (exact) mass is 378 g/mol. The number of amides is 2. The van der Waals surface area contributed by atoms with E-state index in [1.807, 2.05) is 65.5 Å². The van der Waals surface area contributed by atoms with Crippen molar-refractivity contribution in [3.05, 3.63) is 60.9 Å². The standard InChI is InChI=1S/C20H22N6O2/c1-28-17-7-3-2-6-16(17)21-20(27)26-14-12-25(13-15-26)19-9-8-18(22-23-19)24-10-4-5-11-24/h2-11H,12-15H2,1H3,(H,21,27). The van der Waals surface area contributed by atoms with Crippen molar-refractivity contribution in [2.45, 2.75) is 0 Å². The summed E-state index contributed by atoms with van der Waals surface area (Å²) in [6.45, 7) is 2.64. The molecule has 0 unspecified atom stereocenters. The van der Waals surface area contributed by atoms with E-state index in [1.54, 1.807) is 12.0 Å². The molecule has 0 bridgehead atoms. The van der Waals surface area contributed by atoms with Gasteiger partial charge in [-0.2, -0.15) is 0 Å². The Morgan fingerprint density at radius 3 is 2.29 bits per heavy atom. The lowest BCUT2D eigenvalue weighted by Gasteiger charge is -2.35. The second kappa shape index (κ2) is 7.99. The summed E-state index contributed by atoms with van der Waals surface area (Å²) in [6, 6.07) is 15.1. The average Bonchev–Trinajstić information content (AvgIpc) is 3.29. The zero-order chi connectivity index (χ0) is 19.3.